The van der Waals surface area contributed by atoms with Gasteiger partial charge in [0, 0.05) is 99.4 Å². The van der Waals surface area contributed by atoms with Gasteiger partial charge >= 0.3 is 0 Å². The van der Waals surface area contributed by atoms with E-state index < -0.39 is 0 Å². The van der Waals surface area contributed by atoms with Crippen molar-refractivity contribution in [2.24, 2.45) is 0 Å². The Morgan fingerprint density at radius 1 is 0.951 bits per heavy atom. The Balaban J connectivity index is 0.980. The number of carbonyl (C=O) groups excluding carboxylic acids is 1. The predicted octanol–water partition coefficient (Wildman–Crippen LogP) is 4.19. The summed E-state index contributed by atoms with van der Waals surface area (Å²) in [5, 5.41) is 2.01. The van der Waals surface area contributed by atoms with E-state index in [2.05, 4.69) is 75.2 Å². The molecule has 3 aromatic rings. The number of halogens is 1. The highest BCUT2D eigenvalue weighted by Gasteiger charge is 2.23. The fraction of sp³-hybridized carbons (Fsp3) is 0.531. The Morgan fingerprint density at radius 2 is 1.73 bits per heavy atom. The second-order valence-electron chi connectivity index (χ2n) is 11.5. The summed E-state index contributed by atoms with van der Waals surface area (Å²) in [7, 11) is 4.28. The highest BCUT2D eigenvalue weighted by Crippen LogP contribution is 2.24. The van der Waals surface area contributed by atoms with Crippen molar-refractivity contribution >= 4 is 39.8 Å². The summed E-state index contributed by atoms with van der Waals surface area (Å²) >= 11 is 6.11. The number of likely N-dealkylation sites (N-methyl/N-ethyl adjacent to an activating group) is 2. The Morgan fingerprint density at radius 3 is 2.54 bits per heavy atom. The van der Waals surface area contributed by atoms with Gasteiger partial charge in [0.2, 0.25) is 5.91 Å². The average molecular weight is 581 g/mol. The molecule has 0 spiro atoms. The monoisotopic (exact) mass is 580 g/mol. The van der Waals surface area contributed by atoms with Gasteiger partial charge in [-0.05, 0) is 62.2 Å². The summed E-state index contributed by atoms with van der Waals surface area (Å²) in [4.78, 5) is 27.2. The van der Waals surface area contributed by atoms with Crippen LogP contribution in [0.1, 0.15) is 18.4 Å². The molecule has 41 heavy (non-hydrogen) atoms. The van der Waals surface area contributed by atoms with Crippen LogP contribution in [0.3, 0.4) is 0 Å². The minimum atomic E-state index is 0.296. The van der Waals surface area contributed by atoms with Gasteiger partial charge in [-0.25, -0.2) is 0 Å². The first kappa shape index (κ1) is 29.7. The highest BCUT2D eigenvalue weighted by atomic mass is 35.5. The summed E-state index contributed by atoms with van der Waals surface area (Å²) < 4.78 is 5.99. The Labute approximate surface area is 249 Å². The number of ether oxygens (including phenoxy) is 1. The number of carbonyl (C=O) groups is 1. The van der Waals surface area contributed by atoms with E-state index in [4.69, 9.17) is 16.3 Å². The molecule has 0 radical (unpaired) electrons. The average Bonchev–Trinajstić information content (AvgIpc) is 3.67. The molecule has 2 aliphatic rings. The molecule has 9 heteroatoms. The second-order valence-corrected chi connectivity index (χ2v) is 11.9. The number of H-pyrrole nitrogens is 1. The van der Waals surface area contributed by atoms with E-state index in [0.717, 1.165) is 95.3 Å². The van der Waals surface area contributed by atoms with Crippen molar-refractivity contribution in [1.82, 2.24) is 19.7 Å². The van der Waals surface area contributed by atoms with E-state index in [1.54, 1.807) is 0 Å². The molecule has 0 atom stereocenters. The lowest BCUT2D eigenvalue weighted by Gasteiger charge is -2.36. The van der Waals surface area contributed by atoms with Crippen LogP contribution in [-0.2, 0) is 16.0 Å². The summed E-state index contributed by atoms with van der Waals surface area (Å²) in [6.45, 7) is 10.3. The molecule has 222 valence electrons. The van der Waals surface area contributed by atoms with Gasteiger partial charge in [0.05, 0.1) is 19.8 Å². The number of amides is 1. The molecule has 3 heterocycles. The number of hydrogen-bond acceptors (Lipinski definition) is 6. The number of anilines is 2. The third-order valence-electron chi connectivity index (χ3n) is 8.51. The van der Waals surface area contributed by atoms with Crippen LogP contribution in [0.15, 0.2) is 48.7 Å². The molecule has 1 N–H and O–H groups in total. The lowest BCUT2D eigenvalue weighted by Crippen LogP contribution is -2.49. The van der Waals surface area contributed by atoms with Crippen LogP contribution >= 0.6 is 11.6 Å². The Kier molecular flexibility index (Phi) is 10.4. The number of hydrogen-bond donors (Lipinski definition) is 1. The summed E-state index contributed by atoms with van der Waals surface area (Å²) in [6, 6.07) is 14.8. The van der Waals surface area contributed by atoms with E-state index in [1.165, 1.54) is 22.3 Å². The number of likely N-dealkylation sites (tertiary alicyclic amines) is 1. The van der Waals surface area contributed by atoms with Crippen molar-refractivity contribution in [3.63, 3.8) is 0 Å². The number of nitrogens with zero attached hydrogens (tertiary/aromatic N) is 5. The highest BCUT2D eigenvalue weighted by molar-refractivity contribution is 6.31. The molecule has 1 amide bonds. The van der Waals surface area contributed by atoms with Crippen LogP contribution in [0.25, 0.3) is 10.9 Å². The first-order chi connectivity index (χ1) is 20.0. The lowest BCUT2D eigenvalue weighted by molar-refractivity contribution is -0.131. The summed E-state index contributed by atoms with van der Waals surface area (Å²) in [5.41, 5.74) is 4.87. The molecule has 2 aliphatic heterocycles. The van der Waals surface area contributed by atoms with Gasteiger partial charge in [-0.15, -0.1) is 0 Å². The van der Waals surface area contributed by atoms with E-state index in [1.807, 2.05) is 17.0 Å². The van der Waals surface area contributed by atoms with Gasteiger partial charge in [0.25, 0.3) is 0 Å². The number of aromatic nitrogens is 1. The number of piperazine rings is 1. The quantitative estimate of drug-likeness (QED) is 0.306. The third kappa shape index (κ3) is 8.16. The largest absolute Gasteiger partial charge is 0.378 e. The topological polar surface area (TPSA) is 58.3 Å². The van der Waals surface area contributed by atoms with E-state index in [-0.39, 0.29) is 0 Å². The molecule has 1 aromatic heterocycles. The Bertz CT molecular complexity index is 1270. The fourth-order valence-corrected chi connectivity index (χ4v) is 5.96. The van der Waals surface area contributed by atoms with Gasteiger partial charge in [-0.1, -0.05) is 23.7 Å². The number of rotatable bonds is 13. The fourth-order valence-electron chi connectivity index (χ4n) is 5.79. The first-order valence-corrected chi connectivity index (χ1v) is 15.4. The predicted molar refractivity (Wildman–Crippen MR) is 170 cm³/mol. The number of aromatic amines is 1. The maximum absolute atomic E-state index is 12.5. The zero-order valence-corrected chi connectivity index (χ0v) is 25.4. The van der Waals surface area contributed by atoms with Crippen LogP contribution in [0.2, 0.25) is 5.02 Å². The smallest absolute Gasteiger partial charge is 0.236 e. The van der Waals surface area contributed by atoms with Crippen molar-refractivity contribution in [2.75, 3.05) is 103 Å². The molecule has 0 unspecified atom stereocenters. The van der Waals surface area contributed by atoms with Crippen molar-refractivity contribution in [2.45, 2.75) is 19.3 Å². The summed E-state index contributed by atoms with van der Waals surface area (Å²) in [5.74, 6) is 0.296. The van der Waals surface area contributed by atoms with Gasteiger partial charge in [-0.2, -0.15) is 0 Å². The van der Waals surface area contributed by atoms with Crippen LogP contribution in [-0.4, -0.2) is 118 Å². The zero-order valence-electron chi connectivity index (χ0n) is 24.7. The van der Waals surface area contributed by atoms with Crippen LogP contribution in [0.4, 0.5) is 11.4 Å². The molecule has 0 saturated carbocycles. The van der Waals surface area contributed by atoms with Crippen LogP contribution in [0, 0.1) is 0 Å². The summed E-state index contributed by atoms with van der Waals surface area (Å²) in [6.07, 6.45) is 5.38. The van der Waals surface area contributed by atoms with Gasteiger partial charge in [0.15, 0.2) is 0 Å². The van der Waals surface area contributed by atoms with E-state index in [0.29, 0.717) is 19.1 Å². The van der Waals surface area contributed by atoms with Crippen molar-refractivity contribution in [3.05, 3.63) is 59.2 Å². The van der Waals surface area contributed by atoms with Crippen molar-refractivity contribution < 1.29 is 9.53 Å². The molecule has 0 bridgehead atoms. The minimum Gasteiger partial charge on any atom is -0.378 e. The maximum atomic E-state index is 12.5. The first-order valence-electron chi connectivity index (χ1n) is 15.0. The van der Waals surface area contributed by atoms with Gasteiger partial charge in [0.1, 0.15) is 0 Å². The molecular formula is C32H45ClN6O2. The number of fused-ring (bicyclic) bond motifs is 1. The number of nitrogens with one attached hydrogen (secondary N) is 1. The lowest BCUT2D eigenvalue weighted by atomic mass is 10.1. The molecule has 2 saturated heterocycles. The molecular weight excluding hydrogens is 536 g/mol. The van der Waals surface area contributed by atoms with Crippen LogP contribution < -0.4 is 9.80 Å². The van der Waals surface area contributed by atoms with E-state index in [9.17, 15) is 4.79 Å². The standard InChI is InChI=1S/C32H45ClN6O2/c1-35(13-10-26-24-34-31-22-27(33)8-9-30(26)31)18-20-41-21-19-36(2)28-6-5-7-29(23-28)38-16-14-37(15-17-38)25-32(40)39-11-3-4-12-39/h5-9,22-24,34H,3-4,10-21,25H2,1-2H3. The molecule has 0 aliphatic carbocycles. The van der Waals surface area contributed by atoms with Crippen molar-refractivity contribution in [1.29, 1.82) is 0 Å². The molecule has 8 nitrogen and oxygen atoms in total. The second kappa shape index (κ2) is 14.4. The van der Waals surface area contributed by atoms with E-state index >= 15 is 0 Å². The normalized spacial score (nSPS) is 16.3. The zero-order chi connectivity index (χ0) is 28.6. The SMILES string of the molecule is CN(CCOCCN(C)c1cccc(N2CCN(CC(=O)N3CCCC3)CC2)c1)CCc1c[nH]c2cc(Cl)ccc12. The molecule has 2 fully saturated rings. The van der Waals surface area contributed by atoms with Crippen LogP contribution in [0.5, 0.6) is 0 Å². The maximum Gasteiger partial charge on any atom is 0.236 e. The molecule has 2 aromatic carbocycles. The minimum absolute atomic E-state index is 0.296. The number of benzene rings is 2. The third-order valence-corrected chi connectivity index (χ3v) is 8.74. The van der Waals surface area contributed by atoms with Gasteiger partial charge in [-0.3, -0.25) is 9.69 Å². The molecule has 5 rings (SSSR count). The van der Waals surface area contributed by atoms with Crippen molar-refractivity contribution in [3.8, 4) is 0 Å². The Hall–Kier alpha value is -2.78. The van der Waals surface area contributed by atoms with Gasteiger partial charge < -0.3 is 29.3 Å².